The molecule has 0 aliphatic heterocycles. The zero-order chi connectivity index (χ0) is 12.3. The van der Waals surface area contributed by atoms with Gasteiger partial charge in [-0.1, -0.05) is 23.7 Å². The lowest BCUT2D eigenvalue weighted by molar-refractivity contribution is 0.623. The number of aromatic nitrogens is 2. The average molecular weight is 252 g/mol. The second-order valence-corrected chi connectivity index (χ2v) is 4.05. The van der Waals surface area contributed by atoms with Crippen LogP contribution in [0.15, 0.2) is 36.4 Å². The van der Waals surface area contributed by atoms with E-state index in [9.17, 15) is 4.39 Å². The summed E-state index contributed by atoms with van der Waals surface area (Å²) < 4.78 is 13.0. The third kappa shape index (κ3) is 3.14. The van der Waals surface area contributed by atoms with Crippen molar-refractivity contribution in [2.24, 2.45) is 0 Å². The summed E-state index contributed by atoms with van der Waals surface area (Å²) in [7, 11) is 0. The van der Waals surface area contributed by atoms with Gasteiger partial charge in [-0.3, -0.25) is 0 Å². The first-order valence-corrected chi connectivity index (χ1v) is 5.54. The van der Waals surface area contributed by atoms with Gasteiger partial charge < -0.3 is 5.32 Å². The van der Waals surface area contributed by atoms with Gasteiger partial charge in [-0.2, -0.15) is 0 Å². The molecule has 0 aliphatic rings. The summed E-state index contributed by atoms with van der Waals surface area (Å²) in [5, 5.41) is 11.1. The van der Waals surface area contributed by atoms with Gasteiger partial charge in [0.1, 0.15) is 11.6 Å². The first kappa shape index (κ1) is 11.8. The van der Waals surface area contributed by atoms with E-state index in [4.69, 9.17) is 11.6 Å². The van der Waals surface area contributed by atoms with Gasteiger partial charge in [-0.15, -0.1) is 10.2 Å². The third-order valence-electron chi connectivity index (χ3n) is 2.35. The first-order valence-electron chi connectivity index (χ1n) is 5.16. The highest BCUT2D eigenvalue weighted by Crippen LogP contribution is 2.18. The molecule has 1 heterocycles. The van der Waals surface area contributed by atoms with Gasteiger partial charge in [0.2, 0.25) is 0 Å². The maximum atomic E-state index is 13.0. The molecular formula is C12H11ClFN3. The highest BCUT2D eigenvalue weighted by Gasteiger charge is 2.06. The van der Waals surface area contributed by atoms with Crippen LogP contribution in [-0.4, -0.2) is 10.2 Å². The highest BCUT2D eigenvalue weighted by atomic mass is 35.5. The molecule has 0 aliphatic carbocycles. The van der Waals surface area contributed by atoms with Crippen molar-refractivity contribution < 1.29 is 4.39 Å². The van der Waals surface area contributed by atoms with E-state index in [1.54, 1.807) is 18.2 Å². The molecule has 1 aromatic heterocycles. The molecule has 0 amide bonds. The second-order valence-electron chi connectivity index (χ2n) is 3.66. The Labute approximate surface area is 104 Å². The number of anilines is 1. The lowest BCUT2D eigenvalue weighted by Gasteiger charge is -2.14. The topological polar surface area (TPSA) is 37.8 Å². The molecule has 5 heteroatoms. The summed E-state index contributed by atoms with van der Waals surface area (Å²) in [6, 6.07) is 9.75. The largest absolute Gasteiger partial charge is 0.362 e. The minimum Gasteiger partial charge on any atom is -0.362 e. The molecule has 3 nitrogen and oxygen atoms in total. The van der Waals surface area contributed by atoms with Crippen molar-refractivity contribution in [3.63, 3.8) is 0 Å². The molecular weight excluding hydrogens is 241 g/mol. The summed E-state index contributed by atoms with van der Waals surface area (Å²) in [6.45, 7) is 1.92. The van der Waals surface area contributed by atoms with Gasteiger partial charge in [0, 0.05) is 0 Å². The smallest absolute Gasteiger partial charge is 0.151 e. The quantitative estimate of drug-likeness (QED) is 0.908. The minimum absolute atomic E-state index is 0.0545. The predicted octanol–water partition coefficient (Wildman–Crippen LogP) is 3.44. The molecule has 17 heavy (non-hydrogen) atoms. The Bertz CT molecular complexity index is 501. The van der Waals surface area contributed by atoms with Gasteiger partial charge in [0.15, 0.2) is 5.15 Å². The first-order chi connectivity index (χ1) is 8.15. The molecule has 0 radical (unpaired) electrons. The Balaban J connectivity index is 2.11. The Morgan fingerprint density at radius 2 is 2.06 bits per heavy atom. The molecule has 0 saturated heterocycles. The normalized spacial score (nSPS) is 12.2. The van der Waals surface area contributed by atoms with Gasteiger partial charge >= 0.3 is 0 Å². The summed E-state index contributed by atoms with van der Waals surface area (Å²) in [4.78, 5) is 0. The lowest BCUT2D eigenvalue weighted by atomic mass is 10.1. The van der Waals surface area contributed by atoms with Gasteiger partial charge in [-0.25, -0.2) is 4.39 Å². The number of nitrogens with zero attached hydrogens (tertiary/aromatic N) is 2. The molecule has 1 aromatic carbocycles. The second kappa shape index (κ2) is 5.10. The summed E-state index contributed by atoms with van der Waals surface area (Å²) in [6.07, 6.45) is 0. The monoisotopic (exact) mass is 251 g/mol. The average Bonchev–Trinajstić information content (AvgIpc) is 2.32. The van der Waals surface area contributed by atoms with Crippen molar-refractivity contribution in [1.82, 2.24) is 10.2 Å². The van der Waals surface area contributed by atoms with E-state index < -0.39 is 0 Å². The molecule has 1 N–H and O–H groups in total. The summed E-state index contributed by atoms with van der Waals surface area (Å²) >= 11 is 5.64. The fourth-order valence-electron chi connectivity index (χ4n) is 1.47. The van der Waals surface area contributed by atoms with Gasteiger partial charge in [-0.05, 0) is 36.8 Å². The predicted molar refractivity (Wildman–Crippen MR) is 65.5 cm³/mol. The van der Waals surface area contributed by atoms with Crippen LogP contribution in [0.4, 0.5) is 10.2 Å². The molecule has 0 bridgehead atoms. The Morgan fingerprint density at radius 3 is 2.71 bits per heavy atom. The van der Waals surface area contributed by atoms with Crippen LogP contribution in [0.5, 0.6) is 0 Å². The number of nitrogens with one attached hydrogen (secondary N) is 1. The zero-order valence-corrected chi connectivity index (χ0v) is 9.95. The van der Waals surface area contributed by atoms with Crippen molar-refractivity contribution in [3.05, 3.63) is 52.9 Å². The third-order valence-corrected chi connectivity index (χ3v) is 2.55. The van der Waals surface area contributed by atoms with Crippen LogP contribution in [0.3, 0.4) is 0 Å². The number of halogens is 2. The molecule has 2 rings (SSSR count). The van der Waals surface area contributed by atoms with Crippen LogP contribution < -0.4 is 5.32 Å². The molecule has 1 atom stereocenters. The van der Waals surface area contributed by atoms with Crippen molar-refractivity contribution >= 4 is 17.4 Å². The fourth-order valence-corrected chi connectivity index (χ4v) is 1.57. The Kier molecular flexibility index (Phi) is 3.54. The molecule has 2 aromatic rings. The van der Waals surface area contributed by atoms with Crippen molar-refractivity contribution in [1.29, 1.82) is 0 Å². The number of benzene rings is 1. The van der Waals surface area contributed by atoms with Crippen LogP contribution in [0, 0.1) is 5.82 Å². The van der Waals surface area contributed by atoms with E-state index in [-0.39, 0.29) is 11.9 Å². The Morgan fingerprint density at radius 1 is 1.24 bits per heavy atom. The van der Waals surface area contributed by atoms with Gasteiger partial charge in [0.05, 0.1) is 6.04 Å². The summed E-state index contributed by atoms with van der Waals surface area (Å²) in [5.41, 5.74) is 0.849. The molecule has 88 valence electrons. The Hall–Kier alpha value is -1.68. The number of hydrogen-bond acceptors (Lipinski definition) is 3. The van der Waals surface area contributed by atoms with Crippen molar-refractivity contribution in [2.45, 2.75) is 13.0 Å². The van der Waals surface area contributed by atoms with Crippen molar-refractivity contribution in [2.75, 3.05) is 5.32 Å². The molecule has 0 saturated carbocycles. The molecule has 0 spiro atoms. The van der Waals surface area contributed by atoms with Crippen LogP contribution in [0.2, 0.25) is 5.15 Å². The number of rotatable bonds is 3. The van der Waals surface area contributed by atoms with E-state index in [1.165, 1.54) is 12.1 Å². The maximum absolute atomic E-state index is 13.0. The number of hydrogen-bond donors (Lipinski definition) is 1. The van der Waals surface area contributed by atoms with E-state index in [1.807, 2.05) is 13.0 Å². The molecule has 0 fully saturated rings. The highest BCUT2D eigenvalue weighted by molar-refractivity contribution is 6.29. The van der Waals surface area contributed by atoms with E-state index in [0.717, 1.165) is 5.56 Å². The minimum atomic E-state index is -0.252. The summed E-state index contributed by atoms with van der Waals surface area (Å²) in [5.74, 6) is 0.351. The van der Waals surface area contributed by atoms with Crippen LogP contribution >= 0.6 is 11.6 Å². The van der Waals surface area contributed by atoms with E-state index in [0.29, 0.717) is 11.0 Å². The maximum Gasteiger partial charge on any atom is 0.151 e. The van der Waals surface area contributed by atoms with Crippen LogP contribution in [-0.2, 0) is 0 Å². The lowest BCUT2D eigenvalue weighted by Crippen LogP contribution is -2.08. The van der Waals surface area contributed by atoms with Crippen LogP contribution in [0.25, 0.3) is 0 Å². The SMILES string of the molecule is C[C@H](Nc1ccc(Cl)nn1)c1cccc(F)c1. The zero-order valence-electron chi connectivity index (χ0n) is 9.19. The van der Waals surface area contributed by atoms with Crippen LogP contribution in [0.1, 0.15) is 18.5 Å². The van der Waals surface area contributed by atoms with E-state index in [2.05, 4.69) is 15.5 Å². The fraction of sp³-hybridized carbons (Fsp3) is 0.167. The molecule has 0 unspecified atom stereocenters. The van der Waals surface area contributed by atoms with Crippen molar-refractivity contribution in [3.8, 4) is 0 Å². The van der Waals surface area contributed by atoms with E-state index >= 15 is 0 Å². The standard InChI is InChI=1S/C12H11ClFN3/c1-8(9-3-2-4-10(14)7-9)15-12-6-5-11(13)16-17-12/h2-8H,1H3,(H,15,17)/t8-/m0/s1. The van der Waals surface area contributed by atoms with Gasteiger partial charge in [0.25, 0.3) is 0 Å².